The van der Waals surface area contributed by atoms with Gasteiger partial charge in [0.25, 0.3) is 5.91 Å². The number of benzene rings is 1. The summed E-state index contributed by atoms with van der Waals surface area (Å²) < 4.78 is 15.6. The lowest BCUT2D eigenvalue weighted by Gasteiger charge is -2.21. The molecule has 3 rings (SSSR count). The molecule has 0 bridgehead atoms. The summed E-state index contributed by atoms with van der Waals surface area (Å²) in [5, 5.41) is 2.68. The van der Waals surface area contributed by atoms with Crippen molar-refractivity contribution in [3.05, 3.63) is 23.8 Å². The van der Waals surface area contributed by atoms with Crippen LogP contribution in [0.3, 0.4) is 0 Å². The van der Waals surface area contributed by atoms with E-state index in [0.717, 1.165) is 23.3 Å². The number of rotatable bonds is 7. The van der Waals surface area contributed by atoms with Gasteiger partial charge in [-0.1, -0.05) is 19.4 Å². The van der Waals surface area contributed by atoms with Gasteiger partial charge in [0, 0.05) is 6.42 Å². The van der Waals surface area contributed by atoms with Crippen LogP contribution >= 0.6 is 0 Å². The first-order valence-electron chi connectivity index (χ1n) is 8.61. The highest BCUT2D eigenvalue weighted by Crippen LogP contribution is 2.34. The van der Waals surface area contributed by atoms with Crippen LogP contribution in [-0.4, -0.2) is 48.3 Å². The molecule has 1 saturated heterocycles. The topological polar surface area (TPSA) is 94.2 Å². The molecule has 0 spiro atoms. The highest BCUT2D eigenvalue weighted by atomic mass is 16.7. The number of imide groups is 1. The molecular formula is C18H22N2O6. The van der Waals surface area contributed by atoms with E-state index in [9.17, 15) is 14.4 Å². The largest absolute Gasteiger partial charge is 0.464 e. The molecule has 0 aliphatic carbocycles. The fourth-order valence-corrected chi connectivity index (χ4v) is 2.97. The zero-order chi connectivity index (χ0) is 18.7. The second-order valence-corrected chi connectivity index (χ2v) is 6.59. The molecule has 2 aliphatic rings. The molecule has 8 nitrogen and oxygen atoms in total. The molecule has 1 atom stereocenters. The summed E-state index contributed by atoms with van der Waals surface area (Å²) in [7, 11) is 0. The first-order chi connectivity index (χ1) is 12.4. The Morgan fingerprint density at radius 3 is 2.85 bits per heavy atom. The van der Waals surface area contributed by atoms with Gasteiger partial charge >= 0.3 is 12.0 Å². The van der Waals surface area contributed by atoms with E-state index in [1.165, 1.54) is 0 Å². The summed E-state index contributed by atoms with van der Waals surface area (Å²) >= 11 is 0. The van der Waals surface area contributed by atoms with Gasteiger partial charge in [-0.15, -0.1) is 0 Å². The Hall–Kier alpha value is -2.77. The van der Waals surface area contributed by atoms with Crippen LogP contribution in [0.5, 0.6) is 11.5 Å². The number of unbranched alkanes of at least 4 members (excludes halogenated alkanes) is 1. The minimum atomic E-state index is -1.13. The number of ether oxygens (including phenoxy) is 3. The van der Waals surface area contributed by atoms with Crippen molar-refractivity contribution in [2.24, 2.45) is 0 Å². The summed E-state index contributed by atoms with van der Waals surface area (Å²) in [6, 6.07) is 4.78. The molecule has 8 heteroatoms. The summed E-state index contributed by atoms with van der Waals surface area (Å²) in [4.78, 5) is 37.6. The number of carbonyl (C=O) groups excluding carboxylic acids is 3. The maximum atomic E-state index is 12.7. The second kappa shape index (κ2) is 7.23. The number of amides is 3. The van der Waals surface area contributed by atoms with Gasteiger partial charge in [0.1, 0.15) is 12.1 Å². The second-order valence-electron chi connectivity index (χ2n) is 6.59. The first-order valence-corrected chi connectivity index (χ1v) is 8.61. The number of nitrogens with zero attached hydrogens (tertiary/aromatic N) is 1. The van der Waals surface area contributed by atoms with Gasteiger partial charge in [0.2, 0.25) is 6.79 Å². The van der Waals surface area contributed by atoms with Crippen molar-refractivity contribution in [1.82, 2.24) is 10.2 Å². The molecule has 2 aliphatic heterocycles. The van der Waals surface area contributed by atoms with E-state index in [4.69, 9.17) is 14.2 Å². The van der Waals surface area contributed by atoms with Crippen LogP contribution in [0.25, 0.3) is 0 Å². The normalized spacial score (nSPS) is 21.1. The zero-order valence-electron chi connectivity index (χ0n) is 14.9. The van der Waals surface area contributed by atoms with Gasteiger partial charge in [-0.25, -0.2) is 4.79 Å². The van der Waals surface area contributed by atoms with E-state index in [2.05, 4.69) is 5.32 Å². The van der Waals surface area contributed by atoms with Crippen LogP contribution in [0.15, 0.2) is 18.2 Å². The number of nitrogens with one attached hydrogen (secondary N) is 1. The standard InChI is InChI=1S/C18H22N2O6/c1-3-4-7-24-15(21)10-20-16(22)18(2,19-17(20)23)9-12-5-6-13-14(8-12)26-11-25-13/h5-6,8H,3-4,7,9-11H2,1-2H3,(H,19,23)/t18-/m1/s1. The van der Waals surface area contributed by atoms with Crippen LogP contribution < -0.4 is 14.8 Å². The molecule has 1 aromatic carbocycles. The van der Waals surface area contributed by atoms with Gasteiger partial charge < -0.3 is 19.5 Å². The summed E-state index contributed by atoms with van der Waals surface area (Å²) in [6.45, 7) is 3.69. The van der Waals surface area contributed by atoms with Gasteiger partial charge in [-0.3, -0.25) is 14.5 Å². The highest BCUT2D eigenvalue weighted by molar-refractivity contribution is 6.08. The molecule has 0 aromatic heterocycles. The average molecular weight is 362 g/mol. The molecule has 1 aromatic rings. The van der Waals surface area contributed by atoms with Crippen molar-refractivity contribution in [2.75, 3.05) is 19.9 Å². The first kappa shape index (κ1) is 18.0. The highest BCUT2D eigenvalue weighted by Gasteiger charge is 2.48. The zero-order valence-corrected chi connectivity index (χ0v) is 14.9. The molecule has 0 saturated carbocycles. The molecule has 2 heterocycles. The Morgan fingerprint density at radius 1 is 1.31 bits per heavy atom. The van der Waals surface area contributed by atoms with Gasteiger partial charge in [0.15, 0.2) is 11.5 Å². The maximum Gasteiger partial charge on any atom is 0.326 e. The number of hydrogen-bond acceptors (Lipinski definition) is 6. The fourth-order valence-electron chi connectivity index (χ4n) is 2.97. The van der Waals surface area contributed by atoms with Gasteiger partial charge in [0.05, 0.1) is 6.61 Å². The Balaban J connectivity index is 1.66. The fraction of sp³-hybridized carbons (Fsp3) is 0.500. The number of urea groups is 1. The van der Waals surface area contributed by atoms with Crippen LogP contribution in [0.4, 0.5) is 4.79 Å². The number of hydrogen-bond donors (Lipinski definition) is 1. The average Bonchev–Trinajstić information content (AvgIpc) is 3.13. The van der Waals surface area contributed by atoms with Gasteiger partial charge in [-0.05, 0) is 31.0 Å². The Morgan fingerprint density at radius 2 is 2.08 bits per heavy atom. The molecular weight excluding hydrogens is 340 g/mol. The van der Waals surface area contributed by atoms with Crippen LogP contribution in [-0.2, 0) is 20.7 Å². The number of fused-ring (bicyclic) bond motifs is 1. The lowest BCUT2D eigenvalue weighted by atomic mass is 9.92. The van der Waals surface area contributed by atoms with E-state index >= 15 is 0 Å². The van der Waals surface area contributed by atoms with Crippen molar-refractivity contribution in [3.8, 4) is 11.5 Å². The van der Waals surface area contributed by atoms with E-state index in [1.807, 2.05) is 13.0 Å². The van der Waals surface area contributed by atoms with Crippen molar-refractivity contribution in [1.29, 1.82) is 0 Å². The summed E-state index contributed by atoms with van der Waals surface area (Å²) in [5.41, 5.74) is -0.313. The molecule has 140 valence electrons. The minimum Gasteiger partial charge on any atom is -0.464 e. The maximum absolute atomic E-state index is 12.7. The lowest BCUT2D eigenvalue weighted by Crippen LogP contribution is -2.46. The van der Waals surface area contributed by atoms with Crippen molar-refractivity contribution < 1.29 is 28.6 Å². The SMILES string of the molecule is CCCCOC(=O)CN1C(=O)N[C@](C)(Cc2ccc3c(c2)OCO3)C1=O. The molecule has 1 fully saturated rings. The van der Waals surface area contributed by atoms with Crippen molar-refractivity contribution in [2.45, 2.75) is 38.6 Å². The third-order valence-corrected chi connectivity index (χ3v) is 4.39. The van der Waals surface area contributed by atoms with Crippen LogP contribution in [0.1, 0.15) is 32.3 Å². The molecule has 0 radical (unpaired) electrons. The molecule has 3 amide bonds. The van der Waals surface area contributed by atoms with E-state index in [0.29, 0.717) is 11.5 Å². The van der Waals surface area contributed by atoms with E-state index in [1.54, 1.807) is 19.1 Å². The molecule has 1 N–H and O–H groups in total. The Bertz CT molecular complexity index is 734. The molecule has 26 heavy (non-hydrogen) atoms. The van der Waals surface area contributed by atoms with Crippen molar-refractivity contribution in [3.63, 3.8) is 0 Å². The van der Waals surface area contributed by atoms with Crippen molar-refractivity contribution >= 4 is 17.9 Å². The minimum absolute atomic E-state index is 0.166. The predicted octanol–water partition coefficient (Wildman–Crippen LogP) is 1.61. The third kappa shape index (κ3) is 3.58. The quantitative estimate of drug-likeness (QED) is 0.450. The lowest BCUT2D eigenvalue weighted by molar-refractivity contribution is -0.147. The predicted molar refractivity (Wildman–Crippen MR) is 90.8 cm³/mol. The Labute approximate surface area is 151 Å². The molecule has 0 unspecified atom stereocenters. The van der Waals surface area contributed by atoms with Gasteiger partial charge in [-0.2, -0.15) is 0 Å². The summed E-state index contributed by atoms with van der Waals surface area (Å²) in [6.07, 6.45) is 1.91. The van der Waals surface area contributed by atoms with E-state index < -0.39 is 23.4 Å². The number of esters is 1. The Kier molecular flexibility index (Phi) is 5.01. The van der Waals surface area contributed by atoms with E-state index in [-0.39, 0.29) is 26.4 Å². The monoisotopic (exact) mass is 362 g/mol. The van der Waals surface area contributed by atoms with Crippen LogP contribution in [0.2, 0.25) is 0 Å². The third-order valence-electron chi connectivity index (χ3n) is 4.39. The summed E-state index contributed by atoms with van der Waals surface area (Å²) in [5.74, 6) is 0.221. The number of carbonyl (C=O) groups is 3. The smallest absolute Gasteiger partial charge is 0.326 e. The van der Waals surface area contributed by atoms with Crippen LogP contribution in [0, 0.1) is 0 Å².